The van der Waals surface area contributed by atoms with Gasteiger partial charge < -0.3 is 20.1 Å². The summed E-state index contributed by atoms with van der Waals surface area (Å²) in [4.78, 5) is 13.1. The zero-order valence-electron chi connectivity index (χ0n) is 20.6. The van der Waals surface area contributed by atoms with Crippen LogP contribution in [0.5, 0.6) is 11.5 Å². The van der Waals surface area contributed by atoms with E-state index >= 15 is 0 Å². The first-order chi connectivity index (χ1) is 18.2. The van der Waals surface area contributed by atoms with Crippen LogP contribution < -0.4 is 20.1 Å². The molecule has 5 rings (SSSR count). The third kappa shape index (κ3) is 5.92. The van der Waals surface area contributed by atoms with Crippen molar-refractivity contribution in [3.63, 3.8) is 0 Å². The van der Waals surface area contributed by atoms with Crippen molar-refractivity contribution in [3.05, 3.63) is 102 Å². The molecule has 1 heterocycles. The Hall–Kier alpha value is -3.90. The van der Waals surface area contributed by atoms with Gasteiger partial charge in [-0.3, -0.25) is 4.79 Å². The minimum absolute atomic E-state index is 0.122. The number of hydrogen-bond acceptors (Lipinski definition) is 5. The molecule has 1 unspecified atom stereocenters. The van der Waals surface area contributed by atoms with E-state index in [1.54, 1.807) is 12.1 Å². The summed E-state index contributed by atoms with van der Waals surface area (Å²) in [7, 11) is 0. The Bertz CT molecular complexity index is 1380. The van der Waals surface area contributed by atoms with Gasteiger partial charge in [-0.05, 0) is 55.0 Å². The van der Waals surface area contributed by atoms with Gasteiger partial charge in [0.15, 0.2) is 0 Å². The molecule has 5 nitrogen and oxygen atoms in total. The molecular formula is C31H30N2O3S. The molecule has 188 valence electrons. The maximum Gasteiger partial charge on any atom is 0.256 e. The lowest BCUT2D eigenvalue weighted by Crippen LogP contribution is -2.34. The summed E-state index contributed by atoms with van der Waals surface area (Å²) in [6.45, 7) is 1.92. The number of rotatable bonds is 10. The van der Waals surface area contributed by atoms with Gasteiger partial charge in [0.05, 0.1) is 24.1 Å². The van der Waals surface area contributed by atoms with Gasteiger partial charge >= 0.3 is 0 Å². The van der Waals surface area contributed by atoms with Gasteiger partial charge in [-0.15, -0.1) is 0 Å². The summed E-state index contributed by atoms with van der Waals surface area (Å²) in [5, 5.41) is 8.64. The molecule has 4 aromatic carbocycles. The summed E-state index contributed by atoms with van der Waals surface area (Å²) >= 11 is 5.64. The topological polar surface area (TPSA) is 59.6 Å². The van der Waals surface area contributed by atoms with E-state index in [-0.39, 0.29) is 11.8 Å². The molecule has 1 amide bonds. The molecule has 4 aromatic rings. The van der Waals surface area contributed by atoms with Gasteiger partial charge in [0.25, 0.3) is 5.91 Å². The molecule has 0 saturated heterocycles. The Labute approximate surface area is 222 Å². The Morgan fingerprint density at radius 1 is 0.811 bits per heavy atom. The van der Waals surface area contributed by atoms with E-state index in [1.165, 1.54) is 5.39 Å². The first-order valence-electron chi connectivity index (χ1n) is 12.7. The van der Waals surface area contributed by atoms with Crippen molar-refractivity contribution in [1.29, 1.82) is 0 Å². The van der Waals surface area contributed by atoms with Crippen molar-refractivity contribution in [2.24, 2.45) is 0 Å². The number of ether oxygens (including phenoxy) is 2. The molecule has 37 heavy (non-hydrogen) atoms. The molecule has 2 N–H and O–H groups in total. The second kappa shape index (κ2) is 11.9. The van der Waals surface area contributed by atoms with Crippen molar-refractivity contribution < 1.29 is 14.3 Å². The second-order valence-corrected chi connectivity index (χ2v) is 9.51. The lowest BCUT2D eigenvalue weighted by atomic mass is 9.99. The predicted molar refractivity (Wildman–Crippen MR) is 153 cm³/mol. The highest BCUT2D eigenvalue weighted by atomic mass is 32.1. The normalized spacial score (nSPS) is 14.0. The van der Waals surface area contributed by atoms with E-state index in [1.807, 2.05) is 60.7 Å². The Morgan fingerprint density at radius 3 is 2.32 bits per heavy atom. The molecule has 0 aromatic heterocycles. The summed E-state index contributed by atoms with van der Waals surface area (Å²) < 4.78 is 12.2. The fourth-order valence-corrected chi connectivity index (χ4v) is 4.94. The van der Waals surface area contributed by atoms with Gasteiger partial charge in [0, 0.05) is 28.7 Å². The van der Waals surface area contributed by atoms with E-state index < -0.39 is 0 Å². The minimum atomic E-state index is -0.192. The van der Waals surface area contributed by atoms with Crippen LogP contribution in [0.15, 0.2) is 91.0 Å². The quantitative estimate of drug-likeness (QED) is 0.183. The van der Waals surface area contributed by atoms with E-state index in [2.05, 4.69) is 28.8 Å². The number of hydrogen-bond donors (Lipinski definition) is 2. The molecule has 0 saturated carbocycles. The third-order valence-corrected chi connectivity index (χ3v) is 6.94. The lowest BCUT2D eigenvalue weighted by Gasteiger charge is -2.17. The average molecular weight is 511 g/mol. The smallest absolute Gasteiger partial charge is 0.256 e. The van der Waals surface area contributed by atoms with Crippen LogP contribution in [0.25, 0.3) is 10.8 Å². The average Bonchev–Trinajstić information content (AvgIpc) is 3.38. The SMILES string of the molecule is O=C(NC(=S)C1CNc2cccc(OCCCCCOc3cccc4ccccc34)c21)c1ccccc1. The number of anilines is 1. The standard InChI is InChI=1S/C31H30N2O3S/c34-30(23-12-3-1-4-13-23)33-31(37)25-21-32-26-16-10-18-28(29(25)26)36-20-8-2-7-19-35-27-17-9-14-22-11-5-6-15-24(22)27/h1,3-6,9-18,25,32H,2,7-8,19-21H2,(H,33,34,37). The molecule has 0 bridgehead atoms. The first kappa shape index (κ1) is 24.8. The molecule has 1 aliphatic rings. The van der Waals surface area contributed by atoms with Gasteiger partial charge in [-0.1, -0.05) is 72.9 Å². The van der Waals surface area contributed by atoms with Gasteiger partial charge in [0.1, 0.15) is 11.5 Å². The maximum absolute atomic E-state index is 12.6. The number of carbonyl (C=O) groups excluding carboxylic acids is 1. The van der Waals surface area contributed by atoms with Gasteiger partial charge in [-0.2, -0.15) is 0 Å². The van der Waals surface area contributed by atoms with Gasteiger partial charge in [0.2, 0.25) is 0 Å². The molecule has 0 aliphatic carbocycles. The Kier molecular flexibility index (Phi) is 7.96. The van der Waals surface area contributed by atoms with Crippen LogP contribution in [0.4, 0.5) is 5.69 Å². The number of unbranched alkanes of at least 4 members (excludes halogenated alkanes) is 2. The monoisotopic (exact) mass is 510 g/mol. The zero-order valence-corrected chi connectivity index (χ0v) is 21.4. The molecule has 0 spiro atoms. The Balaban J connectivity index is 1.10. The third-order valence-electron chi connectivity index (χ3n) is 6.55. The van der Waals surface area contributed by atoms with Crippen molar-refractivity contribution in [2.75, 3.05) is 25.1 Å². The Morgan fingerprint density at radius 2 is 1.49 bits per heavy atom. The fraction of sp³-hybridized carbons (Fsp3) is 0.226. The number of amides is 1. The largest absolute Gasteiger partial charge is 0.493 e. The van der Waals surface area contributed by atoms with Gasteiger partial charge in [-0.25, -0.2) is 0 Å². The highest BCUT2D eigenvalue weighted by Gasteiger charge is 2.30. The van der Waals surface area contributed by atoms with Crippen LogP contribution in [0.1, 0.15) is 41.1 Å². The van der Waals surface area contributed by atoms with Crippen LogP contribution in [-0.4, -0.2) is 30.7 Å². The van der Waals surface area contributed by atoms with Crippen molar-refractivity contribution in [3.8, 4) is 11.5 Å². The number of nitrogens with one attached hydrogen (secondary N) is 2. The highest BCUT2D eigenvalue weighted by Crippen LogP contribution is 2.39. The first-order valence-corrected chi connectivity index (χ1v) is 13.1. The second-order valence-electron chi connectivity index (χ2n) is 9.07. The van der Waals surface area contributed by atoms with E-state index in [9.17, 15) is 4.79 Å². The molecule has 0 radical (unpaired) electrons. The van der Waals surface area contributed by atoms with Crippen LogP contribution in [-0.2, 0) is 0 Å². The van der Waals surface area contributed by atoms with Crippen molar-refractivity contribution >= 4 is 39.6 Å². The number of benzene rings is 4. The minimum Gasteiger partial charge on any atom is -0.493 e. The lowest BCUT2D eigenvalue weighted by molar-refractivity contribution is 0.0977. The number of thiocarbonyl (C=S) groups is 1. The summed E-state index contributed by atoms with van der Waals surface area (Å²) in [5.74, 6) is 1.44. The number of carbonyl (C=O) groups is 1. The van der Waals surface area contributed by atoms with E-state index in [4.69, 9.17) is 21.7 Å². The molecule has 1 atom stereocenters. The zero-order chi connectivity index (χ0) is 25.5. The van der Waals surface area contributed by atoms with E-state index in [0.29, 0.717) is 30.3 Å². The van der Waals surface area contributed by atoms with Crippen LogP contribution in [0.3, 0.4) is 0 Å². The van der Waals surface area contributed by atoms with Crippen LogP contribution in [0.2, 0.25) is 0 Å². The predicted octanol–water partition coefficient (Wildman–Crippen LogP) is 6.73. The van der Waals surface area contributed by atoms with Crippen molar-refractivity contribution in [2.45, 2.75) is 25.2 Å². The molecule has 0 fully saturated rings. The number of fused-ring (bicyclic) bond motifs is 2. The molecule has 1 aliphatic heterocycles. The van der Waals surface area contributed by atoms with Crippen molar-refractivity contribution in [1.82, 2.24) is 5.32 Å². The molecule has 6 heteroatoms. The molecular weight excluding hydrogens is 480 g/mol. The highest BCUT2D eigenvalue weighted by molar-refractivity contribution is 7.80. The summed E-state index contributed by atoms with van der Waals surface area (Å²) in [6, 6.07) is 29.5. The van der Waals surface area contributed by atoms with E-state index in [0.717, 1.165) is 47.4 Å². The fourth-order valence-electron chi connectivity index (χ4n) is 4.65. The van der Waals surface area contributed by atoms with Crippen LogP contribution in [0, 0.1) is 0 Å². The van der Waals surface area contributed by atoms with Crippen LogP contribution >= 0.6 is 12.2 Å². The maximum atomic E-state index is 12.6. The summed E-state index contributed by atoms with van der Waals surface area (Å²) in [5.41, 5.74) is 2.60. The summed E-state index contributed by atoms with van der Waals surface area (Å²) in [6.07, 6.45) is 2.89.